The van der Waals surface area contributed by atoms with E-state index in [1.54, 1.807) is 20.8 Å². The highest BCUT2D eigenvalue weighted by molar-refractivity contribution is 6.61. The number of rotatable bonds is 24. The van der Waals surface area contributed by atoms with Gasteiger partial charge in [0.15, 0.2) is 17.3 Å². The van der Waals surface area contributed by atoms with Gasteiger partial charge in [0.05, 0.1) is 29.9 Å². The number of ketones is 3. The fourth-order valence-corrected chi connectivity index (χ4v) is 9.22. The number of allylic oxidation sites excluding steroid dienone is 6. The van der Waals surface area contributed by atoms with Crippen LogP contribution in [0.1, 0.15) is 150 Å². The second-order valence-electron chi connectivity index (χ2n) is 13.6. The Hall–Kier alpha value is -3.13. The normalized spacial score (nSPS) is 18.5. The van der Waals surface area contributed by atoms with E-state index in [2.05, 4.69) is 31.2 Å². The minimum Gasteiger partial charge on any atom is -0.494 e. The van der Waals surface area contributed by atoms with Crippen LogP contribution in [-0.4, -0.2) is 32.8 Å². The summed E-state index contributed by atoms with van der Waals surface area (Å²) >= 11 is 0. The lowest BCUT2D eigenvalue weighted by atomic mass is 9.77. The molecule has 2 rings (SSSR count). The van der Waals surface area contributed by atoms with Crippen LogP contribution in [0.2, 0.25) is 6.04 Å². The summed E-state index contributed by atoms with van der Waals surface area (Å²) in [4.78, 5) is 35.3. The van der Waals surface area contributed by atoms with E-state index < -0.39 is 8.80 Å². The predicted octanol–water partition coefficient (Wildman–Crippen LogP) is 10.7. The van der Waals surface area contributed by atoms with Gasteiger partial charge in [-0.05, 0) is 103 Å². The minimum absolute atomic E-state index is 0.180. The average Bonchev–Trinajstić information content (AvgIpc) is 3.00. The van der Waals surface area contributed by atoms with Crippen LogP contribution in [-0.2, 0) is 27.7 Å². The number of ether oxygens (including phenoxy) is 1. The largest absolute Gasteiger partial charge is 0.698 e. The van der Waals surface area contributed by atoms with Crippen molar-refractivity contribution in [2.24, 2.45) is 5.92 Å². The molecule has 0 bridgehead atoms. The molecule has 0 N–H and O–H groups in total. The number of hydrogen-bond acceptors (Lipinski definition) is 7. The van der Waals surface area contributed by atoms with Crippen molar-refractivity contribution in [2.45, 2.75) is 150 Å². The molecular weight excluding hydrogens is 621 g/mol. The van der Waals surface area contributed by atoms with Gasteiger partial charge in [-0.2, -0.15) is 0 Å². The maximum Gasteiger partial charge on any atom is 0.698 e. The van der Waals surface area contributed by atoms with E-state index in [0.29, 0.717) is 42.3 Å². The molecular formula is C40H62O7Si. The smallest absolute Gasteiger partial charge is 0.494 e. The SMILES string of the molecule is CCCCCCCCCCC1CCC(c2ccc(OCCC[Si](OC(C)=CC(C)=O)(OC(C)=CC(C)=O)OC(C)=CC(C)=O)cc2)CC1. The Morgan fingerprint density at radius 2 is 1.10 bits per heavy atom. The van der Waals surface area contributed by atoms with Gasteiger partial charge in [0.25, 0.3) is 0 Å². The molecule has 0 atom stereocenters. The van der Waals surface area contributed by atoms with Crippen molar-refractivity contribution in [1.29, 1.82) is 0 Å². The maximum atomic E-state index is 11.8. The lowest BCUT2D eigenvalue weighted by Gasteiger charge is -2.31. The van der Waals surface area contributed by atoms with E-state index in [-0.39, 0.29) is 17.3 Å². The molecule has 1 aliphatic carbocycles. The highest BCUT2D eigenvalue weighted by Gasteiger charge is 2.49. The van der Waals surface area contributed by atoms with Crippen molar-refractivity contribution >= 4 is 26.2 Å². The molecule has 0 saturated heterocycles. The van der Waals surface area contributed by atoms with Gasteiger partial charge in [-0.3, -0.25) is 14.4 Å². The lowest BCUT2D eigenvalue weighted by Crippen LogP contribution is -2.45. The molecule has 268 valence electrons. The van der Waals surface area contributed by atoms with Crippen molar-refractivity contribution < 1.29 is 32.4 Å². The second kappa shape index (κ2) is 22.5. The molecule has 0 amide bonds. The van der Waals surface area contributed by atoms with E-state index in [0.717, 1.165) is 11.7 Å². The number of carbonyl (C=O) groups is 3. The molecule has 0 aliphatic heterocycles. The van der Waals surface area contributed by atoms with E-state index in [9.17, 15) is 14.4 Å². The molecule has 1 saturated carbocycles. The quantitative estimate of drug-likeness (QED) is 0.0464. The summed E-state index contributed by atoms with van der Waals surface area (Å²) in [6.07, 6.45) is 22.3. The lowest BCUT2D eigenvalue weighted by molar-refractivity contribution is -0.113. The molecule has 0 unspecified atom stereocenters. The number of unbranched alkanes of at least 4 members (excludes halogenated alkanes) is 7. The van der Waals surface area contributed by atoms with Crippen molar-refractivity contribution in [3.63, 3.8) is 0 Å². The van der Waals surface area contributed by atoms with Gasteiger partial charge in [0, 0.05) is 18.2 Å². The van der Waals surface area contributed by atoms with Crippen molar-refractivity contribution in [2.75, 3.05) is 6.61 Å². The first-order valence-corrected chi connectivity index (χ1v) is 20.2. The Morgan fingerprint density at radius 1 is 0.646 bits per heavy atom. The van der Waals surface area contributed by atoms with Crippen LogP contribution >= 0.6 is 0 Å². The first-order chi connectivity index (χ1) is 22.9. The van der Waals surface area contributed by atoms with Crippen LogP contribution in [0.3, 0.4) is 0 Å². The summed E-state index contributed by atoms with van der Waals surface area (Å²) in [6.45, 7) is 11.9. The Labute approximate surface area is 291 Å². The molecule has 48 heavy (non-hydrogen) atoms. The summed E-state index contributed by atoms with van der Waals surface area (Å²) in [6, 6.07) is 8.83. The number of carbonyl (C=O) groups excluding carboxylic acids is 3. The van der Waals surface area contributed by atoms with E-state index in [1.807, 2.05) is 0 Å². The third-order valence-electron chi connectivity index (χ3n) is 8.73. The summed E-state index contributed by atoms with van der Waals surface area (Å²) in [5, 5.41) is 0. The van der Waals surface area contributed by atoms with Gasteiger partial charge < -0.3 is 18.0 Å². The van der Waals surface area contributed by atoms with Crippen molar-refractivity contribution in [1.82, 2.24) is 0 Å². The maximum absolute atomic E-state index is 11.8. The van der Waals surface area contributed by atoms with Crippen LogP contribution in [0.5, 0.6) is 5.75 Å². The molecule has 0 spiro atoms. The molecule has 0 aromatic heterocycles. The predicted molar refractivity (Wildman–Crippen MR) is 196 cm³/mol. The molecule has 1 aliphatic rings. The monoisotopic (exact) mass is 682 g/mol. The number of hydrogen-bond donors (Lipinski definition) is 0. The minimum atomic E-state index is -3.62. The highest BCUT2D eigenvalue weighted by atomic mass is 28.4. The molecule has 7 nitrogen and oxygen atoms in total. The van der Waals surface area contributed by atoms with E-state index in [1.165, 1.54) is 128 Å². The molecule has 1 fully saturated rings. The van der Waals surface area contributed by atoms with Crippen molar-refractivity contribution in [3.8, 4) is 5.75 Å². The summed E-state index contributed by atoms with van der Waals surface area (Å²) in [5.74, 6) is 2.77. The van der Waals surface area contributed by atoms with Gasteiger partial charge in [-0.1, -0.05) is 76.8 Å². The highest BCUT2D eigenvalue weighted by Crippen LogP contribution is 2.38. The zero-order valence-electron chi connectivity index (χ0n) is 30.9. The van der Waals surface area contributed by atoms with Gasteiger partial charge in [0.1, 0.15) is 5.75 Å². The molecule has 0 radical (unpaired) electrons. The topological polar surface area (TPSA) is 88.1 Å². The Balaban J connectivity index is 1.94. The van der Waals surface area contributed by atoms with Crippen LogP contribution in [0.25, 0.3) is 0 Å². The molecule has 0 heterocycles. The summed E-state index contributed by atoms with van der Waals surface area (Å²) in [5.41, 5.74) is 1.39. The van der Waals surface area contributed by atoms with Crippen LogP contribution in [0.4, 0.5) is 0 Å². The van der Waals surface area contributed by atoms with Crippen LogP contribution < -0.4 is 4.74 Å². The van der Waals surface area contributed by atoms with Crippen LogP contribution in [0.15, 0.2) is 59.8 Å². The Kier molecular flexibility index (Phi) is 19.2. The second-order valence-corrected chi connectivity index (χ2v) is 16.1. The fourth-order valence-electron chi connectivity index (χ4n) is 6.56. The third kappa shape index (κ3) is 17.3. The molecule has 1 aromatic rings. The first-order valence-electron chi connectivity index (χ1n) is 18.3. The Morgan fingerprint density at radius 3 is 1.56 bits per heavy atom. The van der Waals surface area contributed by atoms with E-state index >= 15 is 0 Å². The van der Waals surface area contributed by atoms with Gasteiger partial charge in [0.2, 0.25) is 0 Å². The zero-order valence-corrected chi connectivity index (χ0v) is 31.9. The molecule has 8 heteroatoms. The van der Waals surface area contributed by atoms with Crippen LogP contribution in [0, 0.1) is 5.92 Å². The fraction of sp³-hybridized carbons (Fsp3) is 0.625. The van der Waals surface area contributed by atoms with E-state index in [4.69, 9.17) is 18.0 Å². The third-order valence-corrected chi connectivity index (χ3v) is 11.6. The van der Waals surface area contributed by atoms with Gasteiger partial charge >= 0.3 is 8.80 Å². The van der Waals surface area contributed by atoms with Gasteiger partial charge in [-0.15, -0.1) is 0 Å². The van der Waals surface area contributed by atoms with Gasteiger partial charge in [-0.25, -0.2) is 0 Å². The zero-order chi connectivity index (χ0) is 35.4. The first kappa shape index (κ1) is 41.0. The Bertz CT molecular complexity index is 1140. The van der Waals surface area contributed by atoms with Crippen molar-refractivity contribution in [3.05, 3.63) is 65.3 Å². The molecule has 1 aromatic carbocycles. The standard InChI is InChI=1S/C40H62O7Si/c1-8-9-10-11-12-13-14-15-17-37-18-20-38(21-19-37)39-22-24-40(25-23-39)44-26-16-27-48(45-34(5)28-31(2)41,46-35(6)29-32(3)42)47-36(7)30-33(4)43/h22-25,28-30,37-38H,8-21,26-27H2,1-7H3. The summed E-state index contributed by atoms with van der Waals surface area (Å²) in [7, 11) is -3.62. The summed E-state index contributed by atoms with van der Waals surface area (Å²) < 4.78 is 24.8. The average molecular weight is 683 g/mol. The number of benzene rings is 1.